The van der Waals surface area contributed by atoms with E-state index in [9.17, 15) is 0 Å². The summed E-state index contributed by atoms with van der Waals surface area (Å²) >= 11 is 0. The molecule has 0 saturated heterocycles. The van der Waals surface area contributed by atoms with Crippen LogP contribution in [-0.4, -0.2) is 20.6 Å². The molecule has 0 amide bonds. The van der Waals surface area contributed by atoms with Crippen LogP contribution in [0.3, 0.4) is 0 Å². The molecule has 1 atom stereocenters. The minimum absolute atomic E-state index is 0.0981. The minimum atomic E-state index is -0.0981. The molecule has 0 aliphatic carbocycles. The van der Waals surface area contributed by atoms with Gasteiger partial charge in [0.25, 0.3) is 0 Å². The molecule has 5 nitrogen and oxygen atoms in total. The first-order valence-corrected chi connectivity index (χ1v) is 5.23. The summed E-state index contributed by atoms with van der Waals surface area (Å²) in [7, 11) is 0. The summed E-state index contributed by atoms with van der Waals surface area (Å²) < 4.78 is 1.97. The Morgan fingerprint density at radius 1 is 1.67 bits per heavy atom. The van der Waals surface area contributed by atoms with E-state index in [1.54, 1.807) is 6.20 Å². The molecule has 84 valence electrons. The van der Waals surface area contributed by atoms with E-state index < -0.39 is 0 Å². The number of hydrogen-bond donors (Lipinski definition) is 2. The molecule has 0 bridgehead atoms. The standard InChI is InChI=1S/C10H18N4O/c1-3-5-9-12-6-7-14(9)8(4-2)10(11)13-15/h6-8,15H,3-5H2,1-2H3,(H2,11,13). The Morgan fingerprint density at radius 3 is 2.93 bits per heavy atom. The van der Waals surface area contributed by atoms with Gasteiger partial charge in [-0.05, 0) is 12.8 Å². The zero-order valence-electron chi connectivity index (χ0n) is 9.22. The SMILES string of the molecule is CCCc1nccn1C(CC)C(N)=NO. The van der Waals surface area contributed by atoms with E-state index in [4.69, 9.17) is 10.9 Å². The number of nitrogens with two attached hydrogens (primary N) is 1. The highest BCUT2D eigenvalue weighted by Crippen LogP contribution is 2.15. The summed E-state index contributed by atoms with van der Waals surface area (Å²) in [6, 6.07) is -0.0981. The van der Waals surface area contributed by atoms with Crippen molar-refractivity contribution in [1.82, 2.24) is 9.55 Å². The molecule has 0 radical (unpaired) electrons. The second-order valence-corrected chi connectivity index (χ2v) is 3.45. The first-order chi connectivity index (χ1) is 7.24. The lowest BCUT2D eigenvalue weighted by atomic mass is 10.2. The molecule has 3 N–H and O–H groups in total. The molecule has 0 aromatic carbocycles. The van der Waals surface area contributed by atoms with Gasteiger partial charge in [0.2, 0.25) is 0 Å². The molecule has 1 heterocycles. The van der Waals surface area contributed by atoms with Crippen LogP contribution in [0.15, 0.2) is 17.5 Å². The number of rotatable bonds is 5. The fraction of sp³-hybridized carbons (Fsp3) is 0.600. The molecule has 1 unspecified atom stereocenters. The van der Waals surface area contributed by atoms with E-state index in [2.05, 4.69) is 17.1 Å². The number of hydrogen-bond acceptors (Lipinski definition) is 3. The molecule has 1 rings (SSSR count). The highest BCUT2D eigenvalue weighted by atomic mass is 16.4. The maximum atomic E-state index is 8.69. The van der Waals surface area contributed by atoms with E-state index in [1.165, 1.54) is 0 Å². The van der Waals surface area contributed by atoms with Gasteiger partial charge in [0.1, 0.15) is 5.82 Å². The summed E-state index contributed by atoms with van der Waals surface area (Å²) in [5, 5.41) is 11.7. The Bertz CT molecular complexity index is 332. The number of nitrogens with zero attached hydrogens (tertiary/aromatic N) is 3. The lowest BCUT2D eigenvalue weighted by Gasteiger charge is -2.17. The van der Waals surface area contributed by atoms with Crippen molar-refractivity contribution in [2.75, 3.05) is 0 Å². The predicted octanol–water partition coefficient (Wildman–Crippen LogP) is 1.53. The Kier molecular flexibility index (Phi) is 4.15. The largest absolute Gasteiger partial charge is 0.409 e. The van der Waals surface area contributed by atoms with Crippen LogP contribution in [0, 0.1) is 0 Å². The van der Waals surface area contributed by atoms with Crippen LogP contribution in [0.4, 0.5) is 0 Å². The van der Waals surface area contributed by atoms with E-state index in [0.717, 1.165) is 25.1 Å². The fourth-order valence-corrected chi connectivity index (χ4v) is 1.66. The van der Waals surface area contributed by atoms with Gasteiger partial charge in [-0.3, -0.25) is 0 Å². The lowest BCUT2D eigenvalue weighted by molar-refractivity contribution is 0.313. The van der Waals surface area contributed by atoms with Crippen LogP contribution < -0.4 is 5.73 Å². The van der Waals surface area contributed by atoms with Gasteiger partial charge in [-0.1, -0.05) is 19.0 Å². The van der Waals surface area contributed by atoms with E-state index in [1.807, 2.05) is 17.7 Å². The predicted molar refractivity (Wildman–Crippen MR) is 59.0 cm³/mol. The van der Waals surface area contributed by atoms with Crippen molar-refractivity contribution < 1.29 is 5.21 Å². The second kappa shape index (κ2) is 5.38. The van der Waals surface area contributed by atoms with Crippen LogP contribution in [0.2, 0.25) is 0 Å². The third-order valence-corrected chi connectivity index (χ3v) is 2.40. The van der Waals surface area contributed by atoms with Crippen molar-refractivity contribution in [2.24, 2.45) is 10.9 Å². The molecule has 0 spiro atoms. The minimum Gasteiger partial charge on any atom is -0.409 e. The van der Waals surface area contributed by atoms with Crippen molar-refractivity contribution in [3.05, 3.63) is 18.2 Å². The highest BCUT2D eigenvalue weighted by Gasteiger charge is 2.16. The molecule has 0 aliphatic rings. The molecular formula is C10H18N4O. The van der Waals surface area contributed by atoms with E-state index in [0.29, 0.717) is 0 Å². The molecule has 0 saturated carbocycles. The molecule has 0 fully saturated rings. The maximum absolute atomic E-state index is 8.69. The Morgan fingerprint density at radius 2 is 2.40 bits per heavy atom. The fourth-order valence-electron chi connectivity index (χ4n) is 1.66. The summed E-state index contributed by atoms with van der Waals surface area (Å²) in [6.07, 6.45) is 6.34. The Hall–Kier alpha value is -1.52. The van der Waals surface area contributed by atoms with Gasteiger partial charge in [-0.15, -0.1) is 0 Å². The van der Waals surface area contributed by atoms with Gasteiger partial charge in [0.05, 0.1) is 6.04 Å². The zero-order valence-corrected chi connectivity index (χ0v) is 9.22. The second-order valence-electron chi connectivity index (χ2n) is 3.45. The summed E-state index contributed by atoms with van der Waals surface area (Å²) in [6.45, 7) is 4.10. The number of imidazole rings is 1. The van der Waals surface area contributed by atoms with Crippen molar-refractivity contribution in [2.45, 2.75) is 39.2 Å². The highest BCUT2D eigenvalue weighted by molar-refractivity contribution is 5.83. The van der Waals surface area contributed by atoms with Crippen molar-refractivity contribution in [1.29, 1.82) is 0 Å². The average molecular weight is 210 g/mol. The van der Waals surface area contributed by atoms with Gasteiger partial charge in [-0.2, -0.15) is 0 Å². The average Bonchev–Trinajstić information content (AvgIpc) is 2.68. The molecule has 15 heavy (non-hydrogen) atoms. The van der Waals surface area contributed by atoms with Crippen LogP contribution in [0.25, 0.3) is 0 Å². The Balaban J connectivity index is 2.96. The smallest absolute Gasteiger partial charge is 0.162 e. The topological polar surface area (TPSA) is 76.4 Å². The molecular weight excluding hydrogens is 192 g/mol. The monoisotopic (exact) mass is 210 g/mol. The summed E-state index contributed by atoms with van der Waals surface area (Å²) in [4.78, 5) is 4.26. The van der Waals surface area contributed by atoms with Crippen molar-refractivity contribution in [3.8, 4) is 0 Å². The quantitative estimate of drug-likeness (QED) is 0.335. The Labute approximate surface area is 89.6 Å². The van der Waals surface area contributed by atoms with Gasteiger partial charge >= 0.3 is 0 Å². The first-order valence-electron chi connectivity index (χ1n) is 5.23. The van der Waals surface area contributed by atoms with Gasteiger partial charge in [0, 0.05) is 18.8 Å². The zero-order chi connectivity index (χ0) is 11.3. The van der Waals surface area contributed by atoms with Crippen molar-refractivity contribution in [3.63, 3.8) is 0 Å². The maximum Gasteiger partial charge on any atom is 0.162 e. The third kappa shape index (κ3) is 2.49. The summed E-state index contributed by atoms with van der Waals surface area (Å²) in [5.41, 5.74) is 5.64. The molecule has 1 aromatic rings. The lowest BCUT2D eigenvalue weighted by Crippen LogP contribution is -2.27. The van der Waals surface area contributed by atoms with Crippen LogP contribution >= 0.6 is 0 Å². The van der Waals surface area contributed by atoms with Crippen LogP contribution in [0.5, 0.6) is 0 Å². The van der Waals surface area contributed by atoms with Crippen LogP contribution in [-0.2, 0) is 6.42 Å². The van der Waals surface area contributed by atoms with E-state index >= 15 is 0 Å². The number of amidine groups is 1. The number of aryl methyl sites for hydroxylation is 1. The summed E-state index contributed by atoms with van der Waals surface area (Å²) in [5.74, 6) is 1.21. The normalized spacial score (nSPS) is 14.1. The van der Waals surface area contributed by atoms with E-state index in [-0.39, 0.29) is 11.9 Å². The number of oxime groups is 1. The van der Waals surface area contributed by atoms with Gasteiger partial charge in [-0.25, -0.2) is 4.98 Å². The van der Waals surface area contributed by atoms with Crippen molar-refractivity contribution >= 4 is 5.84 Å². The number of aromatic nitrogens is 2. The van der Waals surface area contributed by atoms with Crippen LogP contribution in [0.1, 0.15) is 38.6 Å². The molecule has 5 heteroatoms. The van der Waals surface area contributed by atoms with Gasteiger partial charge < -0.3 is 15.5 Å². The first kappa shape index (κ1) is 11.6. The van der Waals surface area contributed by atoms with Gasteiger partial charge in [0.15, 0.2) is 5.84 Å². The third-order valence-electron chi connectivity index (χ3n) is 2.40. The molecule has 0 aliphatic heterocycles. The molecule has 1 aromatic heterocycles.